The van der Waals surface area contributed by atoms with Crippen molar-refractivity contribution in [3.05, 3.63) is 83.8 Å². The van der Waals surface area contributed by atoms with Crippen molar-refractivity contribution in [2.75, 3.05) is 0 Å². The zero-order chi connectivity index (χ0) is 29.7. The molecule has 5 heteroatoms. The first-order valence-electron chi connectivity index (χ1n) is 15.8. The summed E-state index contributed by atoms with van der Waals surface area (Å²) in [4.78, 5) is 21.8. The van der Waals surface area contributed by atoms with Gasteiger partial charge in [0.15, 0.2) is 5.78 Å². The molecule has 1 aromatic heterocycles. The molecule has 1 N–H and O–H groups in total. The Bertz CT molecular complexity index is 1570. The molecule has 237 valence electrons. The van der Waals surface area contributed by atoms with Crippen molar-refractivity contribution < 1.29 is 30.0 Å². The summed E-state index contributed by atoms with van der Waals surface area (Å²) in [5, 5.41) is 12.4. The summed E-state index contributed by atoms with van der Waals surface area (Å²) < 4.78 is 0. The Labute approximate surface area is 278 Å². The number of aromatic nitrogens is 2. The number of rotatable bonds is 4. The number of ketones is 1. The van der Waals surface area contributed by atoms with Gasteiger partial charge < -0.3 is 5.11 Å². The molecule has 0 saturated heterocycles. The second-order valence-electron chi connectivity index (χ2n) is 13.2. The van der Waals surface area contributed by atoms with Gasteiger partial charge in [-0.15, -0.1) is 29.1 Å². The third-order valence-electron chi connectivity index (χ3n) is 8.98. The van der Waals surface area contributed by atoms with Gasteiger partial charge in [0.25, 0.3) is 0 Å². The van der Waals surface area contributed by atoms with E-state index in [2.05, 4.69) is 75.4 Å². The molecular formula is C39H49IrN2O2-. The Morgan fingerprint density at radius 1 is 0.864 bits per heavy atom. The van der Waals surface area contributed by atoms with E-state index in [0.717, 1.165) is 59.1 Å². The molecule has 2 aliphatic carbocycles. The topological polar surface area (TPSA) is 63.1 Å². The number of carbonyl (C=O) groups excluding carboxylic acids is 1. The molecule has 0 atom stereocenters. The van der Waals surface area contributed by atoms with Crippen molar-refractivity contribution in [1.82, 2.24) is 9.97 Å². The van der Waals surface area contributed by atoms with Crippen LogP contribution in [0.2, 0.25) is 0 Å². The zero-order valence-electron chi connectivity index (χ0n) is 26.1. The number of aliphatic hydroxyl groups is 1. The van der Waals surface area contributed by atoms with E-state index in [1.54, 1.807) is 6.08 Å². The van der Waals surface area contributed by atoms with Crippen LogP contribution in [0.1, 0.15) is 104 Å². The first-order valence-corrected chi connectivity index (χ1v) is 15.8. The molecule has 6 rings (SSSR count). The van der Waals surface area contributed by atoms with Crippen LogP contribution in [0.4, 0.5) is 0 Å². The minimum atomic E-state index is 0. The maximum Gasteiger partial charge on any atom is 0.162 e. The second kappa shape index (κ2) is 15.9. The summed E-state index contributed by atoms with van der Waals surface area (Å²) in [5.41, 5.74) is 6.10. The van der Waals surface area contributed by atoms with Crippen LogP contribution >= 0.6 is 0 Å². The van der Waals surface area contributed by atoms with Gasteiger partial charge in [0, 0.05) is 49.4 Å². The van der Waals surface area contributed by atoms with E-state index in [1.165, 1.54) is 49.5 Å². The van der Waals surface area contributed by atoms with Gasteiger partial charge in [0.1, 0.15) is 0 Å². The van der Waals surface area contributed by atoms with E-state index in [1.807, 2.05) is 13.0 Å². The van der Waals surface area contributed by atoms with Crippen molar-refractivity contribution in [2.24, 2.45) is 11.8 Å². The van der Waals surface area contributed by atoms with Crippen LogP contribution < -0.4 is 0 Å². The number of nitrogens with zero attached hydrogens (tertiary/aromatic N) is 2. The first-order chi connectivity index (χ1) is 20.2. The second-order valence-corrected chi connectivity index (χ2v) is 13.2. The number of carbonyl (C=O) groups is 1. The Balaban J connectivity index is 0.000000246. The molecular weight excluding hydrogens is 721 g/mol. The molecule has 0 bridgehead atoms. The molecule has 0 unspecified atom stereocenters. The number of allylic oxidation sites excluding steroid dienone is 2. The average Bonchev–Trinajstić information content (AvgIpc) is 3.01. The molecule has 0 amide bonds. The molecule has 2 aliphatic rings. The summed E-state index contributed by atoms with van der Waals surface area (Å²) >= 11 is 0. The SMILES string of the molecule is C.Cc1nc2ccc(C(C)(C)C)cc2nc1-c1[c-]ccc2ccccc12.O=C(C=C(O)C1CCCCC1)C1CCCCC1.[Ir]. The van der Waals surface area contributed by atoms with Gasteiger partial charge in [-0.2, -0.15) is 0 Å². The normalized spacial score (nSPS) is 16.4. The first kappa shape index (κ1) is 35.6. The van der Waals surface area contributed by atoms with Crippen LogP contribution in [0.25, 0.3) is 33.1 Å². The van der Waals surface area contributed by atoms with Crippen LogP contribution in [-0.4, -0.2) is 20.9 Å². The van der Waals surface area contributed by atoms with Gasteiger partial charge in [-0.1, -0.05) is 102 Å². The van der Waals surface area contributed by atoms with Crippen molar-refractivity contribution >= 4 is 27.6 Å². The summed E-state index contributed by atoms with van der Waals surface area (Å²) in [7, 11) is 0. The molecule has 2 saturated carbocycles. The number of fused-ring (bicyclic) bond motifs is 2. The molecule has 3 aromatic carbocycles. The quantitative estimate of drug-likeness (QED) is 0.128. The third-order valence-corrected chi connectivity index (χ3v) is 8.98. The minimum Gasteiger partial charge on any atom is -0.512 e. The molecule has 4 aromatic rings. The molecule has 1 heterocycles. The van der Waals surface area contributed by atoms with E-state index in [-0.39, 0.29) is 50.6 Å². The predicted octanol–water partition coefficient (Wildman–Crippen LogP) is 10.6. The monoisotopic (exact) mass is 770 g/mol. The molecule has 0 spiro atoms. The van der Waals surface area contributed by atoms with E-state index < -0.39 is 0 Å². The van der Waals surface area contributed by atoms with Gasteiger partial charge >= 0.3 is 0 Å². The van der Waals surface area contributed by atoms with Gasteiger partial charge in [-0.25, -0.2) is 0 Å². The van der Waals surface area contributed by atoms with E-state index in [0.29, 0.717) is 5.76 Å². The molecule has 1 radical (unpaired) electrons. The Hall–Kier alpha value is -2.88. The maximum absolute atomic E-state index is 12.0. The van der Waals surface area contributed by atoms with E-state index >= 15 is 0 Å². The molecule has 0 aliphatic heterocycles. The fraction of sp³-hybridized carbons (Fsp3) is 0.462. The van der Waals surface area contributed by atoms with Crippen LogP contribution in [0.5, 0.6) is 0 Å². The number of hydrogen-bond donors (Lipinski definition) is 1. The summed E-state index contributed by atoms with van der Waals surface area (Å²) in [6.45, 7) is 8.68. The summed E-state index contributed by atoms with van der Waals surface area (Å²) in [6, 6.07) is 22.2. The standard InChI is InChI=1S/C23H21N2.C15H24O2.CH4.Ir/c1-15-22(19-11-7-9-16-8-5-6-10-18(16)19)25-21-14-17(23(2,3)4)12-13-20(21)24-15;16-14(12-7-3-1-4-8-12)11-15(17)13-9-5-2-6-10-13;;/h5-10,12-14H,1-4H3;11-13,16H,1-10H2;1H4;/q-1;;;. The van der Waals surface area contributed by atoms with E-state index in [4.69, 9.17) is 9.97 Å². The Morgan fingerprint density at radius 3 is 2.16 bits per heavy atom. The molecule has 4 nitrogen and oxygen atoms in total. The van der Waals surface area contributed by atoms with Gasteiger partial charge in [-0.05, 0) is 55.7 Å². The minimum absolute atomic E-state index is 0. The number of hydrogen-bond acceptors (Lipinski definition) is 4. The van der Waals surface area contributed by atoms with Crippen molar-refractivity contribution in [2.45, 2.75) is 105 Å². The maximum atomic E-state index is 12.0. The Kier molecular flexibility index (Phi) is 12.9. The van der Waals surface area contributed by atoms with Gasteiger partial charge in [0.05, 0.1) is 16.8 Å². The number of aryl methyl sites for hydroxylation is 1. The van der Waals surface area contributed by atoms with Crippen molar-refractivity contribution in [3.8, 4) is 11.3 Å². The fourth-order valence-electron chi connectivity index (χ4n) is 6.37. The fourth-order valence-corrected chi connectivity index (χ4v) is 6.37. The van der Waals surface area contributed by atoms with Crippen LogP contribution in [0.3, 0.4) is 0 Å². The number of aliphatic hydroxyl groups excluding tert-OH is 1. The van der Waals surface area contributed by atoms with Gasteiger partial charge in [0.2, 0.25) is 0 Å². The smallest absolute Gasteiger partial charge is 0.162 e. The van der Waals surface area contributed by atoms with Crippen LogP contribution in [0, 0.1) is 24.8 Å². The van der Waals surface area contributed by atoms with Crippen LogP contribution in [-0.2, 0) is 30.3 Å². The van der Waals surface area contributed by atoms with Crippen molar-refractivity contribution in [1.29, 1.82) is 0 Å². The predicted molar refractivity (Wildman–Crippen MR) is 180 cm³/mol. The summed E-state index contributed by atoms with van der Waals surface area (Å²) in [6.07, 6.45) is 13.0. The average molecular weight is 770 g/mol. The molecule has 44 heavy (non-hydrogen) atoms. The summed E-state index contributed by atoms with van der Waals surface area (Å²) in [5.74, 6) is 0.985. The third kappa shape index (κ3) is 8.64. The molecule has 2 fully saturated rings. The number of benzene rings is 3. The Morgan fingerprint density at radius 2 is 1.50 bits per heavy atom. The largest absolute Gasteiger partial charge is 0.512 e. The van der Waals surface area contributed by atoms with Crippen molar-refractivity contribution in [3.63, 3.8) is 0 Å². The van der Waals surface area contributed by atoms with E-state index in [9.17, 15) is 9.90 Å². The zero-order valence-corrected chi connectivity index (χ0v) is 28.5. The van der Waals surface area contributed by atoms with Crippen LogP contribution in [0.15, 0.2) is 66.4 Å². The van der Waals surface area contributed by atoms with Gasteiger partial charge in [-0.3, -0.25) is 14.8 Å².